The van der Waals surface area contributed by atoms with Crippen molar-refractivity contribution < 1.29 is 4.74 Å². The molecule has 0 unspecified atom stereocenters. The van der Waals surface area contributed by atoms with Crippen LogP contribution in [0.2, 0.25) is 0 Å². The molecule has 0 fully saturated rings. The van der Waals surface area contributed by atoms with E-state index in [2.05, 4.69) is 150 Å². The van der Waals surface area contributed by atoms with Crippen LogP contribution in [-0.2, 0) is 12.8 Å². The smallest absolute Gasteiger partial charge is 0.137 e. The summed E-state index contributed by atoms with van der Waals surface area (Å²) in [4.78, 5) is 4.77. The van der Waals surface area contributed by atoms with Gasteiger partial charge < -0.3 is 4.74 Å². The Balaban J connectivity index is 1.35. The number of aryl methyl sites for hydroxylation is 6. The Morgan fingerprint density at radius 3 is 2.04 bits per heavy atom. The van der Waals surface area contributed by atoms with E-state index < -0.39 is 0 Å². The van der Waals surface area contributed by atoms with Gasteiger partial charge in [-0.15, -0.1) is 0 Å². The maximum atomic E-state index is 6.76. The summed E-state index contributed by atoms with van der Waals surface area (Å²) in [6.07, 6.45) is 5.96. The third-order valence-electron chi connectivity index (χ3n) is 10.2. The molecule has 0 atom stereocenters. The summed E-state index contributed by atoms with van der Waals surface area (Å²) in [5, 5.41) is 7.84. The van der Waals surface area contributed by atoms with Gasteiger partial charge in [0.25, 0.3) is 0 Å². The van der Waals surface area contributed by atoms with Crippen LogP contribution < -0.4 is 4.74 Å². The average molecular weight is 689 g/mol. The Hall–Kier alpha value is -5.16. The predicted molar refractivity (Wildman–Crippen MR) is 218 cm³/mol. The summed E-state index contributed by atoms with van der Waals surface area (Å²) in [6.45, 7) is 20.2. The highest BCUT2D eigenvalue weighted by molar-refractivity contribution is 6.09. The van der Waals surface area contributed by atoms with Gasteiger partial charge in [0.2, 0.25) is 0 Å². The minimum Gasteiger partial charge on any atom is -0.457 e. The Kier molecular flexibility index (Phi) is 9.80. The molecule has 0 N–H and O–H groups in total. The molecule has 5 nitrogen and oxygen atoms in total. The number of benzene rings is 4. The van der Waals surface area contributed by atoms with Crippen molar-refractivity contribution in [2.24, 2.45) is 11.8 Å². The topological polar surface area (TPSA) is 44.9 Å². The third kappa shape index (κ3) is 7.01. The van der Waals surface area contributed by atoms with Crippen LogP contribution in [-0.4, -0.2) is 19.3 Å². The van der Waals surface area contributed by atoms with Crippen molar-refractivity contribution in [1.82, 2.24) is 19.3 Å². The fraction of sp³-hybridized carbons (Fsp3) is 0.319. The van der Waals surface area contributed by atoms with E-state index in [1.807, 2.05) is 12.3 Å². The van der Waals surface area contributed by atoms with E-state index >= 15 is 0 Å². The molecule has 0 radical (unpaired) electrons. The second-order valence-corrected chi connectivity index (χ2v) is 15.6. The highest BCUT2D eigenvalue weighted by Gasteiger charge is 2.24. The highest BCUT2D eigenvalue weighted by Crippen LogP contribution is 2.39. The number of aromatic nitrogens is 4. The molecule has 0 spiro atoms. The minimum absolute atomic E-state index is 0.576. The lowest BCUT2D eigenvalue weighted by molar-refractivity contribution is 0.482. The quantitative estimate of drug-likeness (QED) is 0.136. The van der Waals surface area contributed by atoms with Crippen molar-refractivity contribution in [1.29, 1.82) is 0 Å². The second-order valence-electron chi connectivity index (χ2n) is 15.6. The van der Waals surface area contributed by atoms with E-state index in [1.54, 1.807) is 0 Å². The van der Waals surface area contributed by atoms with Gasteiger partial charge >= 0.3 is 0 Å². The van der Waals surface area contributed by atoms with Crippen LogP contribution in [0.1, 0.15) is 79.7 Å². The van der Waals surface area contributed by atoms with E-state index in [0.29, 0.717) is 11.8 Å². The molecule has 266 valence electrons. The van der Waals surface area contributed by atoms with E-state index in [-0.39, 0.29) is 0 Å². The molecular weight excluding hydrogens is 637 g/mol. The van der Waals surface area contributed by atoms with Crippen LogP contribution in [0.3, 0.4) is 0 Å². The van der Waals surface area contributed by atoms with Gasteiger partial charge in [-0.3, -0.25) is 4.57 Å². The molecule has 0 saturated heterocycles. The van der Waals surface area contributed by atoms with Gasteiger partial charge in [-0.25, -0.2) is 9.67 Å². The predicted octanol–water partition coefficient (Wildman–Crippen LogP) is 12.5. The van der Waals surface area contributed by atoms with Crippen LogP contribution in [0.15, 0.2) is 91.1 Å². The number of nitrogens with zero attached hydrogens (tertiary/aromatic N) is 4. The molecule has 7 rings (SSSR count). The monoisotopic (exact) mass is 688 g/mol. The van der Waals surface area contributed by atoms with E-state index in [0.717, 1.165) is 65.3 Å². The summed E-state index contributed by atoms with van der Waals surface area (Å²) in [6, 6.07) is 30.3. The minimum atomic E-state index is 0.576. The Labute approximate surface area is 309 Å². The lowest BCUT2D eigenvalue weighted by atomic mass is 9.89. The van der Waals surface area contributed by atoms with Gasteiger partial charge in [0, 0.05) is 34.7 Å². The summed E-state index contributed by atoms with van der Waals surface area (Å²) >= 11 is 0. The number of hydrogen-bond donors (Lipinski definition) is 0. The number of hydrogen-bond acceptors (Lipinski definition) is 3. The summed E-state index contributed by atoms with van der Waals surface area (Å²) < 4.78 is 11.2. The lowest BCUT2D eigenvalue weighted by Gasteiger charge is -2.17. The highest BCUT2D eigenvalue weighted by atomic mass is 16.5. The van der Waals surface area contributed by atoms with E-state index in [1.165, 1.54) is 55.5 Å². The molecule has 0 aliphatic carbocycles. The summed E-state index contributed by atoms with van der Waals surface area (Å²) in [5.74, 6) is 3.65. The molecule has 0 amide bonds. The third-order valence-corrected chi connectivity index (χ3v) is 10.2. The molecule has 4 aromatic carbocycles. The van der Waals surface area contributed by atoms with E-state index in [4.69, 9.17) is 14.8 Å². The fourth-order valence-corrected chi connectivity index (χ4v) is 7.79. The van der Waals surface area contributed by atoms with Crippen molar-refractivity contribution in [2.75, 3.05) is 0 Å². The van der Waals surface area contributed by atoms with Gasteiger partial charge in [0.15, 0.2) is 0 Å². The standard InChI is InChI=1S/C47H52N4O/c1-29(2)14-18-41-47(46-34(8)22-32(6)23-35(46)9)43(19-15-30(3)4)51(49-41)36-24-33(7)25-38(27-36)52-37-16-17-40-39-12-10-11-13-42(39)50(44(40)28-37)45-26-31(5)20-21-48-45/h10-13,16-17,20-30H,14-15,18-19H2,1-9H3. The van der Waals surface area contributed by atoms with Crippen LogP contribution in [0.4, 0.5) is 0 Å². The van der Waals surface area contributed by atoms with Crippen LogP contribution in [0, 0.1) is 46.5 Å². The largest absolute Gasteiger partial charge is 0.457 e. The Morgan fingerprint density at radius 1 is 0.615 bits per heavy atom. The van der Waals surface area contributed by atoms with Gasteiger partial charge in [0.1, 0.15) is 17.3 Å². The number of rotatable bonds is 11. The number of para-hydroxylation sites is 1. The van der Waals surface area contributed by atoms with Crippen molar-refractivity contribution in [2.45, 2.75) is 88.0 Å². The number of ether oxygens (including phenoxy) is 1. The van der Waals surface area contributed by atoms with Crippen LogP contribution in [0.5, 0.6) is 11.5 Å². The maximum absolute atomic E-state index is 6.76. The summed E-state index contributed by atoms with van der Waals surface area (Å²) in [7, 11) is 0. The fourth-order valence-electron chi connectivity index (χ4n) is 7.79. The first-order valence-electron chi connectivity index (χ1n) is 18.9. The first-order chi connectivity index (χ1) is 25.0. The molecule has 3 heterocycles. The zero-order valence-electron chi connectivity index (χ0n) is 32.3. The zero-order chi connectivity index (χ0) is 36.7. The van der Waals surface area contributed by atoms with Crippen molar-refractivity contribution in [3.8, 4) is 34.1 Å². The van der Waals surface area contributed by atoms with Crippen LogP contribution >= 0.6 is 0 Å². The Morgan fingerprint density at radius 2 is 1.31 bits per heavy atom. The van der Waals surface area contributed by atoms with Crippen molar-refractivity contribution >= 4 is 21.8 Å². The van der Waals surface area contributed by atoms with Crippen molar-refractivity contribution in [3.05, 3.63) is 130 Å². The van der Waals surface area contributed by atoms with Gasteiger partial charge in [-0.2, -0.15) is 5.10 Å². The molecule has 0 aliphatic rings. The second kappa shape index (κ2) is 14.5. The normalized spacial score (nSPS) is 11.8. The van der Waals surface area contributed by atoms with Crippen LogP contribution in [0.25, 0.3) is 44.4 Å². The summed E-state index contributed by atoms with van der Waals surface area (Å²) in [5.41, 5.74) is 14.6. The first-order valence-corrected chi connectivity index (χ1v) is 18.9. The molecule has 0 saturated carbocycles. The molecular formula is C47H52N4O. The maximum Gasteiger partial charge on any atom is 0.137 e. The van der Waals surface area contributed by atoms with Gasteiger partial charge in [-0.05, 0) is 142 Å². The van der Waals surface area contributed by atoms with Gasteiger partial charge in [0.05, 0.1) is 28.1 Å². The molecule has 3 aromatic heterocycles. The molecule has 5 heteroatoms. The number of pyridine rings is 1. The zero-order valence-corrected chi connectivity index (χ0v) is 32.3. The molecule has 0 aliphatic heterocycles. The SMILES string of the molecule is Cc1cc(Oc2ccc3c4ccccc4n(-c4cc(C)ccn4)c3c2)cc(-n2nc(CCC(C)C)c(-c3c(C)cc(C)cc3C)c2CCC(C)C)c1. The van der Waals surface area contributed by atoms with E-state index in [9.17, 15) is 0 Å². The average Bonchev–Trinajstić information content (AvgIpc) is 3.61. The molecule has 52 heavy (non-hydrogen) atoms. The van der Waals surface area contributed by atoms with Crippen molar-refractivity contribution in [3.63, 3.8) is 0 Å². The van der Waals surface area contributed by atoms with Gasteiger partial charge in [-0.1, -0.05) is 63.6 Å². The number of fused-ring (bicyclic) bond motifs is 3. The Bertz CT molecular complexity index is 2380. The molecule has 7 aromatic rings. The molecule has 0 bridgehead atoms. The lowest BCUT2D eigenvalue weighted by Crippen LogP contribution is -2.06. The first kappa shape index (κ1) is 35.3.